The van der Waals surface area contributed by atoms with Crippen LogP contribution in [0, 0.1) is 0 Å². The molecule has 0 fully saturated rings. The van der Waals surface area contributed by atoms with Crippen LogP contribution >= 0.6 is 0 Å². The van der Waals surface area contributed by atoms with E-state index in [-0.39, 0.29) is 31.1 Å². The van der Waals surface area contributed by atoms with Crippen LogP contribution in [0.2, 0.25) is 0 Å². The van der Waals surface area contributed by atoms with Crippen molar-refractivity contribution in [3.8, 4) is 0 Å². The smallest absolute Gasteiger partial charge is 0.306 e. The Balaban J connectivity index is 4.36. The Hall–Kier alpha value is -4.45. The van der Waals surface area contributed by atoms with Crippen molar-refractivity contribution in [1.29, 1.82) is 0 Å². The maximum atomic E-state index is 12.9. The van der Waals surface area contributed by atoms with Crippen molar-refractivity contribution in [2.24, 2.45) is 0 Å². The Labute approximate surface area is 449 Å². The molecule has 0 saturated heterocycles. The van der Waals surface area contributed by atoms with Gasteiger partial charge in [0.15, 0.2) is 6.10 Å². The number of allylic oxidation sites excluding steroid dienone is 22. The molecule has 0 rings (SSSR count). The van der Waals surface area contributed by atoms with Crippen molar-refractivity contribution in [3.63, 3.8) is 0 Å². The number of esters is 3. The highest BCUT2D eigenvalue weighted by atomic mass is 16.6. The molecule has 73 heavy (non-hydrogen) atoms. The van der Waals surface area contributed by atoms with Crippen LogP contribution in [-0.2, 0) is 28.6 Å². The van der Waals surface area contributed by atoms with Gasteiger partial charge in [-0.15, -0.1) is 0 Å². The van der Waals surface area contributed by atoms with Gasteiger partial charge >= 0.3 is 17.9 Å². The van der Waals surface area contributed by atoms with Gasteiger partial charge in [-0.1, -0.05) is 251 Å². The Morgan fingerprint density at radius 2 is 0.534 bits per heavy atom. The van der Waals surface area contributed by atoms with Crippen molar-refractivity contribution < 1.29 is 28.6 Å². The molecule has 0 radical (unpaired) electrons. The Kier molecular flexibility index (Phi) is 56.4. The molecule has 1 atom stereocenters. The standard InChI is InChI=1S/C67H108O6/c1-4-7-10-13-16-19-21-23-25-27-29-31-32-33-34-36-37-39-41-43-45-48-51-54-57-60-66(69)72-63-64(62-71-65(68)59-56-53-50-47-18-15-12-9-6-3)73-67(70)61-58-55-52-49-46-44-42-40-38-35-30-28-26-24-22-20-17-14-11-8-5-2/h7-8,10-11,16-17,19-20,23-26,29-31,33-35,37,39-40,42,64H,4-6,9,12-15,18,21-22,27-28,32,36,38,41,43-63H2,1-3H3/b10-7-,11-8-,19-16-,20-17-,25-23-,26-24-,31-29-,34-33-,35-30-,39-37-,42-40-. The average molecular weight is 1010 g/mol. The van der Waals surface area contributed by atoms with Gasteiger partial charge in [0.2, 0.25) is 0 Å². The highest BCUT2D eigenvalue weighted by Gasteiger charge is 2.19. The minimum atomic E-state index is -0.798. The molecule has 0 heterocycles. The van der Waals surface area contributed by atoms with E-state index in [4.69, 9.17) is 14.2 Å². The van der Waals surface area contributed by atoms with E-state index in [1.54, 1.807) is 0 Å². The van der Waals surface area contributed by atoms with E-state index in [9.17, 15) is 14.4 Å². The van der Waals surface area contributed by atoms with E-state index in [2.05, 4.69) is 154 Å². The van der Waals surface area contributed by atoms with Crippen molar-refractivity contribution in [2.75, 3.05) is 13.2 Å². The topological polar surface area (TPSA) is 78.9 Å². The third-order valence-electron chi connectivity index (χ3n) is 12.2. The second kappa shape index (κ2) is 60.1. The zero-order chi connectivity index (χ0) is 52.9. The average Bonchev–Trinajstić information content (AvgIpc) is 3.39. The van der Waals surface area contributed by atoms with Crippen LogP contribution in [0.1, 0.15) is 252 Å². The number of carbonyl (C=O) groups excluding carboxylic acids is 3. The second-order valence-electron chi connectivity index (χ2n) is 19.1. The lowest BCUT2D eigenvalue weighted by molar-refractivity contribution is -0.167. The van der Waals surface area contributed by atoms with Crippen LogP contribution in [0.5, 0.6) is 0 Å². The zero-order valence-electron chi connectivity index (χ0n) is 47.1. The van der Waals surface area contributed by atoms with Gasteiger partial charge in [-0.2, -0.15) is 0 Å². The number of ether oxygens (including phenoxy) is 3. The molecule has 0 aromatic rings. The molecule has 6 heteroatoms. The number of rotatable bonds is 52. The van der Waals surface area contributed by atoms with Gasteiger partial charge < -0.3 is 14.2 Å². The Morgan fingerprint density at radius 3 is 0.836 bits per heavy atom. The molecule has 1 unspecified atom stereocenters. The van der Waals surface area contributed by atoms with Crippen molar-refractivity contribution in [3.05, 3.63) is 134 Å². The molecule has 0 bridgehead atoms. The summed E-state index contributed by atoms with van der Waals surface area (Å²) in [6, 6.07) is 0. The zero-order valence-corrected chi connectivity index (χ0v) is 47.1. The maximum absolute atomic E-state index is 12.9. The fourth-order valence-electron chi connectivity index (χ4n) is 7.77. The van der Waals surface area contributed by atoms with Gasteiger partial charge in [0.1, 0.15) is 13.2 Å². The lowest BCUT2D eigenvalue weighted by Gasteiger charge is -2.18. The normalized spacial score (nSPS) is 13.1. The van der Waals surface area contributed by atoms with E-state index < -0.39 is 6.10 Å². The van der Waals surface area contributed by atoms with E-state index in [1.165, 1.54) is 51.4 Å². The quantitative estimate of drug-likeness (QED) is 0.0261. The van der Waals surface area contributed by atoms with Crippen LogP contribution in [0.15, 0.2) is 134 Å². The predicted molar refractivity (Wildman–Crippen MR) is 316 cm³/mol. The fraction of sp³-hybridized carbons (Fsp3) is 0.627. The predicted octanol–water partition coefficient (Wildman–Crippen LogP) is 20.2. The molecule has 0 aromatic carbocycles. The SMILES string of the molecule is CC/C=C\C/C=C\C/C=C\C/C=C\C/C=C\C/C=C\CCCCCCCCC(=O)OCC(COC(=O)CCCCCCCCCCC)OC(=O)CCCCCCC/C=C\C/C=C\C/C=C\C/C=C\C/C=C\CC. The van der Waals surface area contributed by atoms with Crippen LogP contribution < -0.4 is 0 Å². The summed E-state index contributed by atoms with van der Waals surface area (Å²) in [4.78, 5) is 38.1. The highest BCUT2D eigenvalue weighted by molar-refractivity contribution is 5.71. The molecule has 6 nitrogen and oxygen atoms in total. The molecule has 0 amide bonds. The van der Waals surface area contributed by atoms with Crippen LogP contribution in [0.3, 0.4) is 0 Å². The molecule has 0 spiro atoms. The van der Waals surface area contributed by atoms with E-state index in [0.29, 0.717) is 19.3 Å². The fourth-order valence-corrected chi connectivity index (χ4v) is 7.77. The number of hydrogen-bond donors (Lipinski definition) is 0. The molecule has 0 aliphatic carbocycles. The number of unbranched alkanes of at least 4 members (excludes halogenated alkanes) is 19. The molecule has 0 aliphatic rings. The lowest BCUT2D eigenvalue weighted by atomic mass is 10.1. The summed E-state index contributed by atoms with van der Waals surface area (Å²) in [5.41, 5.74) is 0. The summed E-state index contributed by atoms with van der Waals surface area (Å²) in [7, 11) is 0. The molecule has 0 aliphatic heterocycles. The minimum absolute atomic E-state index is 0.0936. The van der Waals surface area contributed by atoms with E-state index in [0.717, 1.165) is 161 Å². The van der Waals surface area contributed by atoms with E-state index >= 15 is 0 Å². The summed E-state index contributed by atoms with van der Waals surface area (Å²) in [6.45, 7) is 6.36. The molecule has 0 saturated carbocycles. The Bertz CT molecular complexity index is 1580. The first-order valence-corrected chi connectivity index (χ1v) is 29.7. The summed E-state index contributed by atoms with van der Waals surface area (Å²) in [6.07, 6.45) is 84.5. The number of carbonyl (C=O) groups is 3. The van der Waals surface area contributed by atoms with Crippen molar-refractivity contribution >= 4 is 17.9 Å². The summed E-state index contributed by atoms with van der Waals surface area (Å²) in [5, 5.41) is 0. The van der Waals surface area contributed by atoms with E-state index in [1.807, 2.05) is 0 Å². The maximum Gasteiger partial charge on any atom is 0.306 e. The molecule has 0 N–H and O–H groups in total. The molecular weight excluding hydrogens is 901 g/mol. The van der Waals surface area contributed by atoms with Gasteiger partial charge in [0.25, 0.3) is 0 Å². The van der Waals surface area contributed by atoms with Gasteiger partial charge in [-0.25, -0.2) is 0 Å². The van der Waals surface area contributed by atoms with Crippen LogP contribution in [-0.4, -0.2) is 37.2 Å². The van der Waals surface area contributed by atoms with Gasteiger partial charge in [0, 0.05) is 19.3 Å². The summed E-state index contributed by atoms with van der Waals surface area (Å²) < 4.78 is 16.8. The number of hydrogen-bond acceptors (Lipinski definition) is 6. The summed E-state index contributed by atoms with van der Waals surface area (Å²) >= 11 is 0. The molecule has 412 valence electrons. The minimum Gasteiger partial charge on any atom is -0.462 e. The van der Waals surface area contributed by atoms with Gasteiger partial charge in [0.05, 0.1) is 0 Å². The first kappa shape index (κ1) is 68.6. The third-order valence-corrected chi connectivity index (χ3v) is 12.2. The highest BCUT2D eigenvalue weighted by Crippen LogP contribution is 2.14. The summed E-state index contributed by atoms with van der Waals surface area (Å²) in [5.74, 6) is -0.933. The molecular formula is C67H108O6. The first-order chi connectivity index (χ1) is 36.0. The van der Waals surface area contributed by atoms with Crippen LogP contribution in [0.4, 0.5) is 0 Å². The van der Waals surface area contributed by atoms with Crippen molar-refractivity contribution in [2.45, 2.75) is 258 Å². The third kappa shape index (κ3) is 58.3. The first-order valence-electron chi connectivity index (χ1n) is 29.7. The van der Waals surface area contributed by atoms with Crippen LogP contribution in [0.25, 0.3) is 0 Å². The lowest BCUT2D eigenvalue weighted by Crippen LogP contribution is -2.30. The second-order valence-corrected chi connectivity index (χ2v) is 19.1. The largest absolute Gasteiger partial charge is 0.462 e. The van der Waals surface area contributed by atoms with Gasteiger partial charge in [-0.3, -0.25) is 14.4 Å². The molecule has 0 aromatic heterocycles. The monoisotopic (exact) mass is 1010 g/mol. The Morgan fingerprint density at radius 1 is 0.288 bits per heavy atom. The van der Waals surface area contributed by atoms with Crippen molar-refractivity contribution in [1.82, 2.24) is 0 Å². The van der Waals surface area contributed by atoms with Gasteiger partial charge in [-0.05, 0) is 116 Å².